The van der Waals surface area contributed by atoms with Crippen LogP contribution in [0.4, 0.5) is 0 Å². The first-order valence-electron chi connectivity index (χ1n) is 17.0. The van der Waals surface area contributed by atoms with Gasteiger partial charge in [-0.2, -0.15) is 0 Å². The second-order valence-electron chi connectivity index (χ2n) is 13.9. The minimum Gasteiger partial charge on any atom is -0.403 e. The molecule has 2 N–H and O–H groups in total. The maximum absolute atomic E-state index is 5.71. The standard InChI is InChI=1S/C46H37N3/c1-28(48-23-22-47)30-24-31(26-32(25-30)33-17-11-18-39-36-14-9-10-19-42(36)49(4)45(33)39)29-20-21-40-41(27-29)46(2,3)44-38-16-8-6-13-35(38)34-12-5-7-15-37(34)43(40)44/h5-27H,47H2,1-4H3/b23-22-,48-28?. The van der Waals surface area contributed by atoms with Gasteiger partial charge >= 0.3 is 0 Å². The summed E-state index contributed by atoms with van der Waals surface area (Å²) in [5, 5.41) is 7.82. The van der Waals surface area contributed by atoms with Crippen LogP contribution in [0.3, 0.4) is 0 Å². The Labute approximate surface area is 286 Å². The summed E-state index contributed by atoms with van der Waals surface area (Å²) in [6, 6.07) is 47.1. The van der Waals surface area contributed by atoms with Crippen molar-refractivity contribution < 1.29 is 0 Å². The SMILES string of the molecule is CC(=N/C=C\N)c1cc(-c2ccc3c(c2)C(C)(C)c2c-3c3ccccc3c3ccccc23)cc(-c2cccc3c4ccccc4n(C)c23)c1. The van der Waals surface area contributed by atoms with Crippen LogP contribution in [0.25, 0.3) is 76.7 Å². The Bertz CT molecular complexity index is 2720. The smallest absolute Gasteiger partial charge is 0.0568 e. The quantitative estimate of drug-likeness (QED) is 0.152. The lowest BCUT2D eigenvalue weighted by Gasteiger charge is -2.24. The van der Waals surface area contributed by atoms with Crippen LogP contribution in [0.5, 0.6) is 0 Å². The number of nitrogens with zero attached hydrogens (tertiary/aromatic N) is 2. The number of nitrogens with two attached hydrogens (primary N) is 1. The van der Waals surface area contributed by atoms with Gasteiger partial charge in [0.2, 0.25) is 0 Å². The van der Waals surface area contributed by atoms with Crippen LogP contribution in [0.1, 0.15) is 37.5 Å². The zero-order chi connectivity index (χ0) is 33.4. The molecule has 3 nitrogen and oxygen atoms in total. The summed E-state index contributed by atoms with van der Waals surface area (Å²) in [6.45, 7) is 6.83. The molecule has 9 rings (SSSR count). The van der Waals surface area contributed by atoms with E-state index in [1.54, 1.807) is 6.20 Å². The molecule has 0 aliphatic heterocycles. The van der Waals surface area contributed by atoms with Crippen molar-refractivity contribution in [1.29, 1.82) is 0 Å². The number of hydrogen-bond acceptors (Lipinski definition) is 2. The monoisotopic (exact) mass is 631 g/mol. The van der Waals surface area contributed by atoms with Gasteiger partial charge in [0.05, 0.1) is 5.52 Å². The summed E-state index contributed by atoms with van der Waals surface area (Å²) in [5.74, 6) is 0. The molecule has 0 amide bonds. The van der Waals surface area contributed by atoms with E-state index in [1.807, 2.05) is 0 Å². The number of aryl methyl sites for hydroxylation is 1. The first kappa shape index (κ1) is 29.2. The number of benzene rings is 7. The summed E-state index contributed by atoms with van der Waals surface area (Å²) >= 11 is 0. The number of aliphatic imine (C=N–C) groups is 1. The maximum Gasteiger partial charge on any atom is 0.0568 e. The molecule has 7 aromatic carbocycles. The van der Waals surface area contributed by atoms with Gasteiger partial charge in [0.1, 0.15) is 0 Å². The molecule has 0 spiro atoms. The molecule has 0 radical (unpaired) electrons. The van der Waals surface area contributed by atoms with Crippen LogP contribution in [-0.4, -0.2) is 10.3 Å². The zero-order valence-corrected chi connectivity index (χ0v) is 28.3. The summed E-state index contributed by atoms with van der Waals surface area (Å²) in [6.07, 6.45) is 3.15. The Morgan fingerprint density at radius 1 is 0.633 bits per heavy atom. The highest BCUT2D eigenvalue weighted by Crippen LogP contribution is 2.55. The van der Waals surface area contributed by atoms with Gasteiger partial charge in [-0.1, -0.05) is 111 Å². The van der Waals surface area contributed by atoms with Crippen LogP contribution in [0, 0.1) is 0 Å². The summed E-state index contributed by atoms with van der Waals surface area (Å²) in [4.78, 5) is 4.67. The van der Waals surface area contributed by atoms with Crippen molar-refractivity contribution in [3.63, 3.8) is 0 Å². The number of hydrogen-bond donors (Lipinski definition) is 1. The van der Waals surface area contributed by atoms with E-state index in [-0.39, 0.29) is 5.41 Å². The van der Waals surface area contributed by atoms with Crippen molar-refractivity contribution in [2.45, 2.75) is 26.2 Å². The molecule has 1 heterocycles. The van der Waals surface area contributed by atoms with Crippen molar-refractivity contribution in [2.24, 2.45) is 17.8 Å². The average molecular weight is 632 g/mol. The molecular formula is C46H37N3. The Hall–Kier alpha value is -5.93. The van der Waals surface area contributed by atoms with Gasteiger partial charge in [0, 0.05) is 52.4 Å². The third-order valence-corrected chi connectivity index (χ3v) is 10.8. The normalized spacial score (nSPS) is 14.0. The number of aromatic nitrogens is 1. The van der Waals surface area contributed by atoms with Crippen LogP contribution >= 0.6 is 0 Å². The van der Waals surface area contributed by atoms with Crippen molar-refractivity contribution in [1.82, 2.24) is 4.57 Å². The predicted octanol–water partition coefficient (Wildman–Crippen LogP) is 11.5. The second kappa shape index (κ2) is 10.8. The van der Waals surface area contributed by atoms with Gasteiger partial charge in [0.15, 0.2) is 0 Å². The highest BCUT2D eigenvalue weighted by Gasteiger charge is 2.38. The first-order chi connectivity index (χ1) is 23.9. The van der Waals surface area contributed by atoms with Crippen LogP contribution in [0.15, 0.2) is 145 Å². The molecule has 0 saturated carbocycles. The zero-order valence-electron chi connectivity index (χ0n) is 28.3. The lowest BCUT2D eigenvalue weighted by atomic mass is 9.78. The van der Waals surface area contributed by atoms with E-state index in [0.717, 1.165) is 16.8 Å². The number of rotatable bonds is 4. The van der Waals surface area contributed by atoms with Crippen molar-refractivity contribution >= 4 is 49.1 Å². The Kier molecular flexibility index (Phi) is 6.44. The highest BCUT2D eigenvalue weighted by molar-refractivity contribution is 6.18. The van der Waals surface area contributed by atoms with E-state index < -0.39 is 0 Å². The van der Waals surface area contributed by atoms with Crippen molar-refractivity contribution in [2.75, 3.05) is 0 Å². The molecule has 0 unspecified atom stereocenters. The van der Waals surface area contributed by atoms with Crippen LogP contribution in [-0.2, 0) is 12.5 Å². The molecule has 3 heteroatoms. The Morgan fingerprint density at radius 3 is 2.06 bits per heavy atom. The molecule has 1 aromatic heterocycles. The van der Waals surface area contributed by atoms with E-state index in [2.05, 4.69) is 165 Å². The molecule has 49 heavy (non-hydrogen) atoms. The first-order valence-corrected chi connectivity index (χ1v) is 17.0. The van der Waals surface area contributed by atoms with Gasteiger partial charge in [0.25, 0.3) is 0 Å². The third kappa shape index (κ3) is 4.25. The molecule has 0 saturated heterocycles. The number of para-hydroxylation sites is 2. The molecular weight excluding hydrogens is 595 g/mol. The van der Waals surface area contributed by atoms with Crippen LogP contribution < -0.4 is 5.73 Å². The van der Waals surface area contributed by atoms with E-state index in [9.17, 15) is 0 Å². The summed E-state index contributed by atoms with van der Waals surface area (Å²) in [7, 11) is 2.17. The molecule has 8 aromatic rings. The van der Waals surface area contributed by atoms with E-state index in [4.69, 9.17) is 5.73 Å². The largest absolute Gasteiger partial charge is 0.403 e. The summed E-state index contributed by atoms with van der Waals surface area (Å²) < 4.78 is 2.33. The fraction of sp³-hybridized carbons (Fsp3) is 0.109. The highest BCUT2D eigenvalue weighted by atomic mass is 14.9. The molecule has 1 aliphatic carbocycles. The van der Waals surface area contributed by atoms with Gasteiger partial charge < -0.3 is 10.3 Å². The van der Waals surface area contributed by atoms with E-state index in [1.165, 1.54) is 88.5 Å². The fourth-order valence-electron chi connectivity index (χ4n) is 8.52. The minimum absolute atomic E-state index is 0.178. The van der Waals surface area contributed by atoms with Gasteiger partial charge in [-0.3, -0.25) is 4.99 Å². The van der Waals surface area contributed by atoms with Gasteiger partial charge in [-0.15, -0.1) is 0 Å². The minimum atomic E-state index is -0.178. The Balaban J connectivity index is 1.28. The van der Waals surface area contributed by atoms with E-state index in [0.29, 0.717) is 0 Å². The molecule has 0 atom stereocenters. The van der Waals surface area contributed by atoms with E-state index >= 15 is 0 Å². The fourth-order valence-corrected chi connectivity index (χ4v) is 8.52. The molecule has 236 valence electrons. The van der Waals surface area contributed by atoms with Crippen molar-refractivity contribution in [3.8, 4) is 33.4 Å². The topological polar surface area (TPSA) is 43.3 Å². The lowest BCUT2D eigenvalue weighted by molar-refractivity contribution is 0.667. The van der Waals surface area contributed by atoms with Crippen LogP contribution in [0.2, 0.25) is 0 Å². The second-order valence-corrected chi connectivity index (χ2v) is 13.9. The lowest BCUT2D eigenvalue weighted by Crippen LogP contribution is -2.15. The number of fused-ring (bicyclic) bond motifs is 11. The molecule has 1 aliphatic rings. The molecule has 0 bridgehead atoms. The van der Waals surface area contributed by atoms with Crippen molar-refractivity contribution in [3.05, 3.63) is 156 Å². The average Bonchev–Trinajstić information content (AvgIpc) is 3.57. The third-order valence-electron chi connectivity index (χ3n) is 10.8. The molecule has 0 fully saturated rings. The van der Waals surface area contributed by atoms with Gasteiger partial charge in [-0.05, 0) is 103 Å². The summed E-state index contributed by atoms with van der Waals surface area (Å²) in [5.41, 5.74) is 20.2. The maximum atomic E-state index is 5.71. The Morgan fingerprint density at radius 2 is 1.29 bits per heavy atom. The van der Waals surface area contributed by atoms with Gasteiger partial charge in [-0.25, -0.2) is 0 Å². The predicted molar refractivity (Wildman–Crippen MR) is 209 cm³/mol.